The van der Waals surface area contributed by atoms with E-state index in [0.29, 0.717) is 10.6 Å². The normalized spacial score (nSPS) is 9.73. The Morgan fingerprint density at radius 1 is 1.47 bits per heavy atom. The van der Waals surface area contributed by atoms with Gasteiger partial charge in [0.25, 0.3) is 0 Å². The standard InChI is InChI=1S/C9H11NO4S/c1-13-5-7(11)10-6-3-4-15-8(6)9(12)14-2/h3-4H,5H2,1-2H3,(H,10,11). The van der Waals surface area contributed by atoms with Crippen molar-refractivity contribution in [3.05, 3.63) is 16.3 Å². The maximum atomic E-state index is 11.2. The van der Waals surface area contributed by atoms with Gasteiger partial charge in [0, 0.05) is 7.11 Å². The molecule has 1 aromatic heterocycles. The number of hydrogen-bond donors (Lipinski definition) is 1. The number of carbonyl (C=O) groups is 2. The molecule has 0 aliphatic heterocycles. The van der Waals surface area contributed by atoms with Gasteiger partial charge in [-0.25, -0.2) is 4.79 Å². The third-order valence-corrected chi connectivity index (χ3v) is 2.48. The van der Waals surface area contributed by atoms with Crippen molar-refractivity contribution in [2.45, 2.75) is 0 Å². The van der Waals surface area contributed by atoms with E-state index in [0.717, 1.165) is 0 Å². The quantitative estimate of drug-likeness (QED) is 0.786. The number of hydrogen-bond acceptors (Lipinski definition) is 5. The second-order valence-electron chi connectivity index (χ2n) is 2.64. The van der Waals surface area contributed by atoms with Crippen molar-refractivity contribution < 1.29 is 19.1 Å². The van der Waals surface area contributed by atoms with Gasteiger partial charge in [-0.3, -0.25) is 4.79 Å². The van der Waals surface area contributed by atoms with Crippen molar-refractivity contribution in [1.29, 1.82) is 0 Å². The molecule has 0 aliphatic carbocycles. The molecule has 1 aromatic rings. The Hall–Kier alpha value is -1.40. The van der Waals surface area contributed by atoms with Crippen LogP contribution in [-0.4, -0.2) is 32.7 Å². The summed E-state index contributed by atoms with van der Waals surface area (Å²) in [6.07, 6.45) is 0. The molecule has 1 heterocycles. The first-order valence-corrected chi connectivity index (χ1v) is 5.01. The molecule has 0 saturated carbocycles. The fourth-order valence-corrected chi connectivity index (χ4v) is 1.74. The summed E-state index contributed by atoms with van der Waals surface area (Å²) in [5, 5.41) is 4.26. The lowest BCUT2D eigenvalue weighted by atomic mass is 10.4. The predicted octanol–water partition coefficient (Wildman–Crippen LogP) is 1.12. The van der Waals surface area contributed by atoms with E-state index in [1.54, 1.807) is 11.4 Å². The van der Waals surface area contributed by atoms with E-state index >= 15 is 0 Å². The van der Waals surface area contributed by atoms with Gasteiger partial charge in [-0.15, -0.1) is 11.3 Å². The van der Waals surface area contributed by atoms with Gasteiger partial charge in [-0.2, -0.15) is 0 Å². The Labute approximate surface area is 91.0 Å². The van der Waals surface area contributed by atoms with Crippen molar-refractivity contribution in [3.8, 4) is 0 Å². The smallest absolute Gasteiger partial charge is 0.350 e. The monoisotopic (exact) mass is 229 g/mol. The minimum Gasteiger partial charge on any atom is -0.465 e. The summed E-state index contributed by atoms with van der Waals surface area (Å²) in [7, 11) is 2.72. The van der Waals surface area contributed by atoms with E-state index in [-0.39, 0.29) is 12.5 Å². The molecule has 15 heavy (non-hydrogen) atoms. The molecule has 6 heteroatoms. The van der Waals surface area contributed by atoms with Gasteiger partial charge in [-0.05, 0) is 11.4 Å². The molecule has 0 aliphatic rings. The van der Waals surface area contributed by atoms with Gasteiger partial charge < -0.3 is 14.8 Å². The van der Waals surface area contributed by atoms with Crippen LogP contribution in [0.2, 0.25) is 0 Å². The molecule has 1 rings (SSSR count). The fourth-order valence-electron chi connectivity index (χ4n) is 0.976. The summed E-state index contributed by atoms with van der Waals surface area (Å²) >= 11 is 1.21. The third kappa shape index (κ3) is 3.03. The number of carbonyl (C=O) groups excluding carboxylic acids is 2. The molecule has 5 nitrogen and oxygen atoms in total. The van der Waals surface area contributed by atoms with Crippen LogP contribution in [0, 0.1) is 0 Å². The van der Waals surface area contributed by atoms with Crippen LogP contribution in [-0.2, 0) is 14.3 Å². The first kappa shape index (κ1) is 11.7. The molecule has 0 aromatic carbocycles. The maximum absolute atomic E-state index is 11.2. The van der Waals surface area contributed by atoms with E-state index in [1.807, 2.05) is 0 Å². The Bertz CT molecular complexity index is 361. The van der Waals surface area contributed by atoms with Crippen LogP contribution in [0.15, 0.2) is 11.4 Å². The molecule has 1 N–H and O–H groups in total. The van der Waals surface area contributed by atoms with Crippen LogP contribution < -0.4 is 5.32 Å². The molecule has 0 radical (unpaired) electrons. The number of anilines is 1. The molecular weight excluding hydrogens is 218 g/mol. The van der Waals surface area contributed by atoms with Crippen LogP contribution in [0.25, 0.3) is 0 Å². The maximum Gasteiger partial charge on any atom is 0.350 e. The van der Waals surface area contributed by atoms with Crippen molar-refractivity contribution in [2.75, 3.05) is 26.1 Å². The van der Waals surface area contributed by atoms with Gasteiger partial charge in [0.2, 0.25) is 5.91 Å². The summed E-state index contributed by atoms with van der Waals surface area (Å²) in [4.78, 5) is 22.8. The lowest BCUT2D eigenvalue weighted by molar-refractivity contribution is -0.119. The summed E-state index contributed by atoms with van der Waals surface area (Å²) in [5.74, 6) is -0.765. The Morgan fingerprint density at radius 3 is 2.80 bits per heavy atom. The Balaban J connectivity index is 2.73. The van der Waals surface area contributed by atoms with Crippen molar-refractivity contribution in [3.63, 3.8) is 0 Å². The molecular formula is C9H11NO4S. The average molecular weight is 229 g/mol. The van der Waals surface area contributed by atoms with Crippen LogP contribution in [0.3, 0.4) is 0 Å². The zero-order valence-electron chi connectivity index (χ0n) is 8.40. The second-order valence-corrected chi connectivity index (χ2v) is 3.55. The number of amides is 1. The number of methoxy groups -OCH3 is 2. The van der Waals surface area contributed by atoms with Crippen LogP contribution in [0.1, 0.15) is 9.67 Å². The van der Waals surface area contributed by atoms with E-state index in [1.165, 1.54) is 25.6 Å². The first-order valence-electron chi connectivity index (χ1n) is 4.13. The summed E-state index contributed by atoms with van der Waals surface area (Å²) in [6, 6.07) is 1.64. The van der Waals surface area contributed by atoms with Crippen molar-refractivity contribution in [1.82, 2.24) is 0 Å². The molecule has 82 valence electrons. The summed E-state index contributed by atoms with van der Waals surface area (Å²) < 4.78 is 9.22. The topological polar surface area (TPSA) is 64.6 Å². The van der Waals surface area contributed by atoms with Crippen LogP contribution >= 0.6 is 11.3 Å². The van der Waals surface area contributed by atoms with Crippen LogP contribution in [0.4, 0.5) is 5.69 Å². The lowest BCUT2D eigenvalue weighted by Gasteiger charge is -2.04. The lowest BCUT2D eigenvalue weighted by Crippen LogP contribution is -2.18. The largest absolute Gasteiger partial charge is 0.465 e. The predicted molar refractivity (Wildman–Crippen MR) is 56.2 cm³/mol. The number of thiophene rings is 1. The highest BCUT2D eigenvalue weighted by atomic mass is 32.1. The molecule has 0 bridgehead atoms. The van der Waals surface area contributed by atoms with E-state index in [9.17, 15) is 9.59 Å². The summed E-state index contributed by atoms with van der Waals surface area (Å²) in [6.45, 7) is -0.0452. The zero-order valence-corrected chi connectivity index (χ0v) is 9.22. The number of esters is 1. The van der Waals surface area contributed by atoms with E-state index < -0.39 is 5.97 Å². The van der Waals surface area contributed by atoms with Gasteiger partial charge in [0.05, 0.1) is 12.8 Å². The zero-order chi connectivity index (χ0) is 11.3. The third-order valence-electron chi connectivity index (χ3n) is 1.59. The van der Waals surface area contributed by atoms with E-state index in [4.69, 9.17) is 0 Å². The number of rotatable bonds is 4. The van der Waals surface area contributed by atoms with Gasteiger partial charge in [-0.1, -0.05) is 0 Å². The molecule has 0 saturated heterocycles. The van der Waals surface area contributed by atoms with Gasteiger partial charge in [0.1, 0.15) is 11.5 Å². The first-order chi connectivity index (χ1) is 7.19. The SMILES string of the molecule is COCC(=O)Nc1ccsc1C(=O)OC. The molecule has 0 unspecified atom stereocenters. The summed E-state index contributed by atoms with van der Waals surface area (Å²) in [5.41, 5.74) is 0.453. The minimum atomic E-state index is -0.460. The Morgan fingerprint density at radius 2 is 2.20 bits per heavy atom. The van der Waals surface area contributed by atoms with E-state index in [2.05, 4.69) is 14.8 Å². The van der Waals surface area contributed by atoms with Crippen molar-refractivity contribution in [2.24, 2.45) is 0 Å². The molecule has 0 spiro atoms. The number of ether oxygens (including phenoxy) is 2. The number of nitrogens with one attached hydrogen (secondary N) is 1. The average Bonchev–Trinajstić information content (AvgIpc) is 2.65. The van der Waals surface area contributed by atoms with Gasteiger partial charge in [0.15, 0.2) is 0 Å². The van der Waals surface area contributed by atoms with Crippen LogP contribution in [0.5, 0.6) is 0 Å². The highest BCUT2D eigenvalue weighted by Crippen LogP contribution is 2.22. The second kappa shape index (κ2) is 5.47. The van der Waals surface area contributed by atoms with Crippen molar-refractivity contribution >= 4 is 28.9 Å². The molecule has 0 fully saturated rings. The van der Waals surface area contributed by atoms with Gasteiger partial charge >= 0.3 is 5.97 Å². The molecule has 0 atom stereocenters. The molecule has 1 amide bonds. The Kier molecular flexibility index (Phi) is 4.26. The highest BCUT2D eigenvalue weighted by Gasteiger charge is 2.14. The minimum absolute atomic E-state index is 0.0452. The fraction of sp³-hybridized carbons (Fsp3) is 0.333. The highest BCUT2D eigenvalue weighted by molar-refractivity contribution is 7.12.